The van der Waals surface area contributed by atoms with Gasteiger partial charge in [0.2, 0.25) is 5.91 Å². The summed E-state index contributed by atoms with van der Waals surface area (Å²) >= 11 is 0. The molecule has 0 radical (unpaired) electrons. The molecule has 0 bridgehead atoms. The van der Waals surface area contributed by atoms with Gasteiger partial charge in [0.1, 0.15) is 6.54 Å². The number of hydrogen-bond donors (Lipinski definition) is 4. The average Bonchev–Trinajstić information content (AvgIpc) is 2.12. The molecule has 3 amide bonds. The Kier molecular flexibility index (Phi) is 5.10. The zero-order valence-corrected chi connectivity index (χ0v) is 8.14. The number of carbonyl (C=O) groups excluding carboxylic acids is 2. The van der Waals surface area contributed by atoms with Gasteiger partial charge in [-0.05, 0) is 0 Å². The van der Waals surface area contributed by atoms with E-state index in [1.54, 1.807) is 0 Å². The van der Waals surface area contributed by atoms with Crippen molar-refractivity contribution < 1.29 is 24.6 Å². The number of hydrogen-bond acceptors (Lipinski definition) is 4. The molecule has 15 heavy (non-hydrogen) atoms. The zero-order chi connectivity index (χ0) is 12.0. The van der Waals surface area contributed by atoms with Gasteiger partial charge in [-0.25, -0.2) is 9.59 Å². The Balaban J connectivity index is 3.93. The van der Waals surface area contributed by atoms with Crippen LogP contribution < -0.4 is 11.1 Å². The number of carboxylic acid groups (broad SMARTS) is 1. The van der Waals surface area contributed by atoms with Gasteiger partial charge >= 0.3 is 12.0 Å². The highest BCUT2D eigenvalue weighted by molar-refractivity contribution is 5.83. The van der Waals surface area contributed by atoms with E-state index in [1.807, 2.05) is 0 Å². The highest BCUT2D eigenvalue weighted by atomic mass is 16.4. The number of aliphatic hydroxyl groups excluding tert-OH is 1. The molecule has 0 saturated heterocycles. The molecule has 8 nitrogen and oxygen atoms in total. The highest BCUT2D eigenvalue weighted by Gasteiger charge is 2.16. The quantitative estimate of drug-likeness (QED) is 0.407. The summed E-state index contributed by atoms with van der Waals surface area (Å²) in [6.07, 6.45) is -1.67. The van der Waals surface area contributed by atoms with Crippen LogP contribution in [0.2, 0.25) is 0 Å². The zero-order valence-electron chi connectivity index (χ0n) is 8.14. The lowest BCUT2D eigenvalue weighted by Gasteiger charge is -2.16. The van der Waals surface area contributed by atoms with Crippen molar-refractivity contribution in [2.24, 2.45) is 5.73 Å². The number of likely N-dealkylation sites (N-methyl/N-ethyl adjacent to an activating group) is 1. The molecule has 5 N–H and O–H groups in total. The molecule has 0 rings (SSSR count). The van der Waals surface area contributed by atoms with Crippen molar-refractivity contribution in [3.05, 3.63) is 0 Å². The van der Waals surface area contributed by atoms with E-state index in [-0.39, 0.29) is 6.54 Å². The van der Waals surface area contributed by atoms with E-state index in [0.29, 0.717) is 0 Å². The van der Waals surface area contributed by atoms with Gasteiger partial charge in [-0.15, -0.1) is 0 Å². The Labute approximate surface area is 85.7 Å². The van der Waals surface area contributed by atoms with E-state index < -0.39 is 30.6 Å². The number of amides is 3. The monoisotopic (exact) mass is 219 g/mol. The third kappa shape index (κ3) is 5.47. The fourth-order valence-corrected chi connectivity index (χ4v) is 0.712. The fourth-order valence-electron chi connectivity index (χ4n) is 0.712. The smallest absolute Gasteiger partial charge is 0.334 e. The van der Waals surface area contributed by atoms with Crippen molar-refractivity contribution in [3.63, 3.8) is 0 Å². The molecule has 86 valence electrons. The number of nitrogens with zero attached hydrogens (tertiary/aromatic N) is 1. The topological polar surface area (TPSA) is 133 Å². The Morgan fingerprint density at radius 2 is 2.00 bits per heavy atom. The molecule has 0 aromatic heterocycles. The normalized spacial score (nSPS) is 11.6. The Morgan fingerprint density at radius 1 is 1.47 bits per heavy atom. The molecule has 0 aliphatic heterocycles. The number of rotatable bonds is 5. The molecule has 8 heteroatoms. The number of carbonyl (C=O) groups is 3. The van der Waals surface area contributed by atoms with Crippen LogP contribution in [-0.4, -0.2) is 59.3 Å². The van der Waals surface area contributed by atoms with Crippen LogP contribution in [-0.2, 0) is 9.59 Å². The van der Waals surface area contributed by atoms with Crippen LogP contribution in [0.5, 0.6) is 0 Å². The first kappa shape index (κ1) is 13.2. The molecule has 0 fully saturated rings. The first-order valence-electron chi connectivity index (χ1n) is 4.02. The molecular weight excluding hydrogens is 206 g/mol. The first-order valence-corrected chi connectivity index (χ1v) is 4.02. The summed E-state index contributed by atoms with van der Waals surface area (Å²) in [5.41, 5.74) is 4.83. The highest BCUT2D eigenvalue weighted by Crippen LogP contribution is 1.85. The Morgan fingerprint density at radius 3 is 2.40 bits per heavy atom. The van der Waals surface area contributed by atoms with Crippen molar-refractivity contribution >= 4 is 17.9 Å². The van der Waals surface area contributed by atoms with Crippen LogP contribution in [0.4, 0.5) is 4.79 Å². The van der Waals surface area contributed by atoms with Crippen molar-refractivity contribution in [2.45, 2.75) is 6.10 Å². The third-order valence-corrected chi connectivity index (χ3v) is 1.47. The molecule has 1 atom stereocenters. The van der Waals surface area contributed by atoms with E-state index in [2.05, 4.69) is 5.32 Å². The van der Waals surface area contributed by atoms with Gasteiger partial charge in [-0.1, -0.05) is 0 Å². The lowest BCUT2D eigenvalue weighted by Crippen LogP contribution is -2.45. The predicted octanol–water partition coefficient (Wildman–Crippen LogP) is -2.44. The maximum Gasteiger partial charge on any atom is 0.334 e. The molecule has 0 aromatic rings. The van der Waals surface area contributed by atoms with Crippen LogP contribution >= 0.6 is 0 Å². The lowest BCUT2D eigenvalue weighted by molar-refractivity contribution is -0.146. The molecule has 0 saturated carbocycles. The van der Waals surface area contributed by atoms with E-state index in [9.17, 15) is 14.4 Å². The second kappa shape index (κ2) is 5.81. The molecule has 0 aromatic carbocycles. The van der Waals surface area contributed by atoms with Crippen molar-refractivity contribution in [3.8, 4) is 0 Å². The number of nitrogens with two attached hydrogens (primary N) is 1. The van der Waals surface area contributed by atoms with Crippen molar-refractivity contribution in [1.82, 2.24) is 10.2 Å². The standard InChI is InChI=1S/C7H13N3O5/c1-10(3-5(8)12)7(15)9-2-4(11)6(13)14/h4,11H,2-3H2,1H3,(H2,8,12)(H,9,15)(H,13,14)/t4-/m0/s1. The average molecular weight is 219 g/mol. The van der Waals surface area contributed by atoms with Gasteiger partial charge in [0, 0.05) is 7.05 Å². The SMILES string of the molecule is CN(CC(N)=O)C(=O)NC[C@H](O)C(=O)O. The summed E-state index contributed by atoms with van der Waals surface area (Å²) in [5.74, 6) is -2.13. The summed E-state index contributed by atoms with van der Waals surface area (Å²) in [6, 6.07) is -0.686. The first-order chi connectivity index (χ1) is 6.84. The fraction of sp³-hybridized carbons (Fsp3) is 0.571. The summed E-state index contributed by atoms with van der Waals surface area (Å²) in [6.45, 7) is -0.716. The molecule has 0 heterocycles. The minimum absolute atomic E-state index is 0.283. The third-order valence-electron chi connectivity index (χ3n) is 1.47. The van der Waals surface area contributed by atoms with Gasteiger partial charge < -0.3 is 26.2 Å². The number of nitrogens with one attached hydrogen (secondary N) is 1. The number of urea groups is 1. The summed E-state index contributed by atoms with van der Waals surface area (Å²) in [4.78, 5) is 32.7. The van der Waals surface area contributed by atoms with E-state index in [4.69, 9.17) is 15.9 Å². The largest absolute Gasteiger partial charge is 0.479 e. The molecule has 0 aliphatic carbocycles. The van der Waals surface area contributed by atoms with Gasteiger partial charge in [0.05, 0.1) is 6.54 Å². The summed E-state index contributed by atoms with van der Waals surface area (Å²) < 4.78 is 0. The minimum Gasteiger partial charge on any atom is -0.479 e. The number of aliphatic carboxylic acids is 1. The Hall–Kier alpha value is -1.83. The van der Waals surface area contributed by atoms with E-state index in [1.165, 1.54) is 7.05 Å². The number of carboxylic acids is 1. The van der Waals surface area contributed by atoms with Gasteiger partial charge in [0.15, 0.2) is 6.10 Å². The van der Waals surface area contributed by atoms with Crippen LogP contribution in [0.25, 0.3) is 0 Å². The molecular formula is C7H13N3O5. The van der Waals surface area contributed by atoms with Gasteiger partial charge in [0.25, 0.3) is 0 Å². The van der Waals surface area contributed by atoms with Gasteiger partial charge in [-0.2, -0.15) is 0 Å². The maximum absolute atomic E-state index is 11.1. The summed E-state index contributed by atoms with van der Waals surface area (Å²) in [5, 5.41) is 19.2. The van der Waals surface area contributed by atoms with E-state index >= 15 is 0 Å². The number of aliphatic hydroxyl groups is 1. The Bertz CT molecular complexity index is 267. The van der Waals surface area contributed by atoms with Crippen LogP contribution in [0.15, 0.2) is 0 Å². The second-order valence-corrected chi connectivity index (χ2v) is 2.86. The van der Waals surface area contributed by atoms with Crippen molar-refractivity contribution in [1.29, 1.82) is 0 Å². The summed E-state index contributed by atoms with van der Waals surface area (Å²) in [7, 11) is 1.31. The van der Waals surface area contributed by atoms with Gasteiger partial charge in [-0.3, -0.25) is 4.79 Å². The van der Waals surface area contributed by atoms with E-state index in [0.717, 1.165) is 4.90 Å². The van der Waals surface area contributed by atoms with Crippen molar-refractivity contribution in [2.75, 3.05) is 20.1 Å². The lowest BCUT2D eigenvalue weighted by atomic mass is 10.3. The van der Waals surface area contributed by atoms with Crippen LogP contribution in [0.3, 0.4) is 0 Å². The molecule has 0 unspecified atom stereocenters. The van der Waals surface area contributed by atoms with Crippen LogP contribution in [0, 0.1) is 0 Å². The number of primary amides is 1. The molecule has 0 aliphatic rings. The van der Waals surface area contributed by atoms with Crippen LogP contribution in [0.1, 0.15) is 0 Å². The second-order valence-electron chi connectivity index (χ2n) is 2.86. The maximum atomic E-state index is 11.1. The molecule has 0 spiro atoms. The predicted molar refractivity (Wildman–Crippen MR) is 48.9 cm³/mol. The minimum atomic E-state index is -1.67.